The van der Waals surface area contributed by atoms with Crippen LogP contribution in [0.3, 0.4) is 0 Å². The van der Waals surface area contributed by atoms with Gasteiger partial charge >= 0.3 is 6.18 Å². The molecule has 0 saturated carbocycles. The molecular weight excluding hydrogens is 373 g/mol. The Kier molecular flexibility index (Phi) is 5.22. The molecule has 1 unspecified atom stereocenters. The summed E-state index contributed by atoms with van der Waals surface area (Å²) in [7, 11) is 0. The van der Waals surface area contributed by atoms with E-state index in [-0.39, 0.29) is 16.5 Å². The van der Waals surface area contributed by atoms with Gasteiger partial charge in [0.15, 0.2) is 0 Å². The van der Waals surface area contributed by atoms with Gasteiger partial charge < -0.3 is 15.4 Å². The smallest absolute Gasteiger partial charge is 0.366 e. The van der Waals surface area contributed by atoms with Gasteiger partial charge in [0, 0.05) is 19.2 Å². The van der Waals surface area contributed by atoms with Gasteiger partial charge in [-0.15, -0.1) is 0 Å². The number of alkyl halides is 3. The van der Waals surface area contributed by atoms with Crippen LogP contribution in [0.25, 0.3) is 5.69 Å². The van der Waals surface area contributed by atoms with Crippen molar-refractivity contribution >= 4 is 23.3 Å². The molecule has 26 heavy (non-hydrogen) atoms. The van der Waals surface area contributed by atoms with Gasteiger partial charge in [-0.2, -0.15) is 18.3 Å². The van der Waals surface area contributed by atoms with Crippen LogP contribution in [-0.2, 0) is 15.7 Å². The third-order valence-electron chi connectivity index (χ3n) is 3.80. The zero-order valence-electron chi connectivity index (χ0n) is 13.7. The van der Waals surface area contributed by atoms with Crippen LogP contribution in [-0.4, -0.2) is 41.5 Å². The van der Waals surface area contributed by atoms with Crippen molar-refractivity contribution in [2.24, 2.45) is 0 Å². The van der Waals surface area contributed by atoms with Crippen LogP contribution in [0.2, 0.25) is 5.02 Å². The molecule has 1 aliphatic rings. The van der Waals surface area contributed by atoms with Crippen molar-refractivity contribution in [1.29, 1.82) is 0 Å². The van der Waals surface area contributed by atoms with E-state index in [0.29, 0.717) is 25.4 Å². The summed E-state index contributed by atoms with van der Waals surface area (Å²) in [6.07, 6.45) is -5.21. The number of nitrogens with zero attached hydrogens (tertiary/aromatic N) is 2. The molecule has 10 heteroatoms. The van der Waals surface area contributed by atoms with Crippen molar-refractivity contribution in [3.8, 4) is 5.69 Å². The minimum atomic E-state index is -4.52. The van der Waals surface area contributed by atoms with E-state index < -0.39 is 23.8 Å². The lowest BCUT2D eigenvalue weighted by atomic mass is 10.2. The van der Waals surface area contributed by atoms with Gasteiger partial charge in [0.25, 0.3) is 5.91 Å². The molecule has 0 spiro atoms. The fourth-order valence-electron chi connectivity index (χ4n) is 2.56. The van der Waals surface area contributed by atoms with E-state index in [0.717, 1.165) is 18.2 Å². The first-order valence-corrected chi connectivity index (χ1v) is 8.20. The normalized spacial score (nSPS) is 18.0. The zero-order valence-corrected chi connectivity index (χ0v) is 14.5. The Bertz CT molecular complexity index is 816. The molecule has 0 bridgehead atoms. The van der Waals surface area contributed by atoms with E-state index in [1.807, 2.05) is 0 Å². The second-order valence-corrected chi connectivity index (χ2v) is 6.21. The largest absolute Gasteiger partial charge is 0.416 e. The summed E-state index contributed by atoms with van der Waals surface area (Å²) in [5.41, 5.74) is -0.328. The van der Waals surface area contributed by atoms with Gasteiger partial charge in [-0.3, -0.25) is 4.79 Å². The number of carbonyl (C=O) groups is 1. The maximum Gasteiger partial charge on any atom is 0.416 e. The molecule has 1 saturated heterocycles. The lowest BCUT2D eigenvalue weighted by Gasteiger charge is -2.22. The Balaban J connectivity index is 1.93. The molecule has 0 radical (unpaired) electrons. The molecule has 1 aromatic heterocycles. The van der Waals surface area contributed by atoms with Gasteiger partial charge in [0.1, 0.15) is 11.9 Å². The van der Waals surface area contributed by atoms with E-state index in [2.05, 4.69) is 15.7 Å². The second-order valence-electron chi connectivity index (χ2n) is 5.80. The summed E-state index contributed by atoms with van der Waals surface area (Å²) in [4.78, 5) is 12.3. The fraction of sp³-hybridized carbons (Fsp3) is 0.375. The van der Waals surface area contributed by atoms with E-state index in [1.165, 1.54) is 4.68 Å². The molecule has 1 fully saturated rings. The summed E-state index contributed by atoms with van der Waals surface area (Å²) >= 11 is 6.07. The predicted molar refractivity (Wildman–Crippen MR) is 89.6 cm³/mol. The molecule has 3 rings (SSSR count). The quantitative estimate of drug-likeness (QED) is 0.848. The van der Waals surface area contributed by atoms with Crippen LogP contribution in [0.5, 0.6) is 0 Å². The standard InChI is InChI=1S/C16H16ClF3N4O2/c1-9-6-14(22-15(25)13-8-21-4-5-26-13)24(23-9)12-7-10(16(18,19)20)2-3-11(12)17/h2-3,6-7,13,21H,4-5,8H2,1H3,(H,22,25). The minimum Gasteiger partial charge on any atom is -0.366 e. The van der Waals surface area contributed by atoms with Gasteiger partial charge in [-0.05, 0) is 25.1 Å². The van der Waals surface area contributed by atoms with Crippen LogP contribution in [0.4, 0.5) is 19.0 Å². The van der Waals surface area contributed by atoms with Crippen molar-refractivity contribution in [3.05, 3.63) is 40.5 Å². The van der Waals surface area contributed by atoms with Gasteiger partial charge in [-0.1, -0.05) is 11.6 Å². The summed E-state index contributed by atoms with van der Waals surface area (Å²) in [6, 6.07) is 4.48. The van der Waals surface area contributed by atoms with E-state index >= 15 is 0 Å². The van der Waals surface area contributed by atoms with Crippen LogP contribution in [0.1, 0.15) is 11.3 Å². The zero-order chi connectivity index (χ0) is 18.9. The van der Waals surface area contributed by atoms with Crippen molar-refractivity contribution in [2.45, 2.75) is 19.2 Å². The maximum atomic E-state index is 13.0. The van der Waals surface area contributed by atoms with Crippen LogP contribution >= 0.6 is 11.6 Å². The molecule has 2 N–H and O–H groups in total. The maximum absolute atomic E-state index is 13.0. The summed E-state index contributed by atoms with van der Waals surface area (Å²) < 4.78 is 45.6. The molecule has 6 nitrogen and oxygen atoms in total. The number of rotatable bonds is 3. The predicted octanol–water partition coefficient (Wildman–Crippen LogP) is 2.78. The summed E-state index contributed by atoms with van der Waals surface area (Å²) in [5.74, 6) is -0.204. The molecule has 2 aromatic rings. The number of halogens is 4. The molecule has 140 valence electrons. The van der Waals surface area contributed by atoms with E-state index in [4.69, 9.17) is 16.3 Å². The Morgan fingerprint density at radius 2 is 2.19 bits per heavy atom. The number of anilines is 1. The van der Waals surface area contributed by atoms with Crippen molar-refractivity contribution < 1.29 is 22.7 Å². The molecule has 2 heterocycles. The third-order valence-corrected chi connectivity index (χ3v) is 4.12. The highest BCUT2D eigenvalue weighted by molar-refractivity contribution is 6.32. The molecule has 1 aromatic carbocycles. The van der Waals surface area contributed by atoms with Crippen molar-refractivity contribution in [3.63, 3.8) is 0 Å². The fourth-order valence-corrected chi connectivity index (χ4v) is 2.76. The number of nitrogens with one attached hydrogen (secondary N) is 2. The molecule has 1 amide bonds. The van der Waals surface area contributed by atoms with Crippen molar-refractivity contribution in [2.75, 3.05) is 25.0 Å². The Morgan fingerprint density at radius 3 is 2.85 bits per heavy atom. The highest BCUT2D eigenvalue weighted by Gasteiger charge is 2.31. The number of hydrogen-bond acceptors (Lipinski definition) is 4. The molecule has 1 aliphatic heterocycles. The lowest BCUT2D eigenvalue weighted by Crippen LogP contribution is -2.45. The topological polar surface area (TPSA) is 68.2 Å². The average molecular weight is 389 g/mol. The van der Waals surface area contributed by atoms with Gasteiger partial charge in [-0.25, -0.2) is 4.68 Å². The molecule has 0 aliphatic carbocycles. The van der Waals surface area contributed by atoms with Gasteiger partial charge in [0.05, 0.1) is 28.6 Å². The monoisotopic (exact) mass is 388 g/mol. The minimum absolute atomic E-state index is 0.0209. The number of aromatic nitrogens is 2. The Labute approximate surface area is 152 Å². The highest BCUT2D eigenvalue weighted by atomic mass is 35.5. The number of morpholine rings is 1. The van der Waals surface area contributed by atoms with Crippen molar-refractivity contribution in [1.82, 2.24) is 15.1 Å². The summed E-state index contributed by atoms with van der Waals surface area (Å²) in [6.45, 7) is 3.06. The lowest BCUT2D eigenvalue weighted by molar-refractivity contribution is -0.137. The number of hydrogen-bond donors (Lipinski definition) is 2. The average Bonchev–Trinajstić information content (AvgIpc) is 2.95. The molecular formula is C16H16ClF3N4O2. The first-order chi connectivity index (χ1) is 12.3. The number of aryl methyl sites for hydroxylation is 1. The highest BCUT2D eigenvalue weighted by Crippen LogP contribution is 2.34. The van der Waals surface area contributed by atoms with E-state index in [9.17, 15) is 18.0 Å². The number of benzene rings is 1. The molecule has 1 atom stereocenters. The van der Waals surface area contributed by atoms with Gasteiger partial charge in [0.2, 0.25) is 0 Å². The van der Waals surface area contributed by atoms with Crippen LogP contribution in [0, 0.1) is 6.92 Å². The third kappa shape index (κ3) is 4.00. The second kappa shape index (κ2) is 7.26. The summed E-state index contributed by atoms with van der Waals surface area (Å²) in [5, 5.41) is 9.91. The Morgan fingerprint density at radius 1 is 1.42 bits per heavy atom. The number of ether oxygens (including phenoxy) is 1. The number of amides is 1. The van der Waals surface area contributed by atoms with E-state index in [1.54, 1.807) is 13.0 Å². The first kappa shape index (κ1) is 18.7. The number of carbonyl (C=O) groups excluding carboxylic acids is 1. The Hall–Kier alpha value is -2.10. The SMILES string of the molecule is Cc1cc(NC(=O)C2CNCCO2)n(-c2cc(C(F)(F)F)ccc2Cl)n1. The first-order valence-electron chi connectivity index (χ1n) is 7.82. The van der Waals surface area contributed by atoms with Crippen LogP contribution in [0.15, 0.2) is 24.3 Å². The van der Waals surface area contributed by atoms with Crippen LogP contribution < -0.4 is 10.6 Å².